The van der Waals surface area contributed by atoms with E-state index < -0.39 is 11.6 Å². The second-order valence-corrected chi connectivity index (χ2v) is 4.51. The fourth-order valence-electron chi connectivity index (χ4n) is 1.89. The van der Waals surface area contributed by atoms with Gasteiger partial charge >= 0.3 is 5.97 Å². The second kappa shape index (κ2) is 5.46. The summed E-state index contributed by atoms with van der Waals surface area (Å²) in [4.78, 5) is 11.2. The highest BCUT2D eigenvalue weighted by Gasteiger charge is 2.39. The Balaban J connectivity index is 2.50. The van der Waals surface area contributed by atoms with Crippen LogP contribution in [0, 0.1) is 0 Å². The third-order valence-electron chi connectivity index (χ3n) is 2.77. The topological polar surface area (TPSA) is 44.8 Å². The van der Waals surface area contributed by atoms with Gasteiger partial charge in [0.1, 0.15) is 5.60 Å². The van der Waals surface area contributed by atoms with Gasteiger partial charge in [-0.1, -0.05) is 6.58 Å². The van der Waals surface area contributed by atoms with Crippen LogP contribution in [-0.4, -0.2) is 37.5 Å². The third-order valence-corrected chi connectivity index (χ3v) is 2.77. The molecule has 0 bridgehead atoms. The third kappa shape index (κ3) is 3.32. The van der Waals surface area contributed by atoms with E-state index in [0.717, 1.165) is 12.8 Å². The Bertz CT molecular complexity index is 260. The lowest BCUT2D eigenvalue weighted by atomic mass is 9.98. The van der Waals surface area contributed by atoms with Crippen LogP contribution in [0.4, 0.5) is 0 Å². The maximum Gasteiger partial charge on any atom is 0.330 e. The number of hydrogen-bond acceptors (Lipinski definition) is 4. The van der Waals surface area contributed by atoms with E-state index in [1.807, 2.05) is 13.8 Å². The standard InChI is InChI=1S/C12H20O4/c1-5-11(13)16-12(2,3)10-7-6-9(15-10)8-14-4/h5,9-10H,1,6-8H2,2-4H3. The van der Waals surface area contributed by atoms with Crippen molar-refractivity contribution < 1.29 is 19.0 Å². The molecule has 1 saturated heterocycles. The van der Waals surface area contributed by atoms with Crippen LogP contribution in [0.3, 0.4) is 0 Å². The van der Waals surface area contributed by atoms with Crippen LogP contribution in [0.5, 0.6) is 0 Å². The summed E-state index contributed by atoms with van der Waals surface area (Å²) in [6.45, 7) is 7.68. The van der Waals surface area contributed by atoms with Crippen molar-refractivity contribution in [2.75, 3.05) is 13.7 Å². The van der Waals surface area contributed by atoms with Gasteiger partial charge in [-0.25, -0.2) is 4.79 Å². The highest BCUT2D eigenvalue weighted by Crippen LogP contribution is 2.30. The second-order valence-electron chi connectivity index (χ2n) is 4.51. The molecule has 0 N–H and O–H groups in total. The molecule has 0 aromatic rings. The fourth-order valence-corrected chi connectivity index (χ4v) is 1.89. The lowest BCUT2D eigenvalue weighted by Crippen LogP contribution is -2.41. The molecule has 0 radical (unpaired) electrons. The average molecular weight is 228 g/mol. The Morgan fingerprint density at radius 2 is 2.25 bits per heavy atom. The summed E-state index contributed by atoms with van der Waals surface area (Å²) >= 11 is 0. The minimum atomic E-state index is -0.617. The van der Waals surface area contributed by atoms with Crippen molar-refractivity contribution in [2.45, 2.75) is 44.5 Å². The Hall–Kier alpha value is -0.870. The normalized spacial score (nSPS) is 25.4. The van der Waals surface area contributed by atoms with E-state index in [9.17, 15) is 4.79 Å². The Labute approximate surface area is 96.6 Å². The van der Waals surface area contributed by atoms with Gasteiger partial charge < -0.3 is 14.2 Å². The van der Waals surface area contributed by atoms with Crippen molar-refractivity contribution in [3.8, 4) is 0 Å². The van der Waals surface area contributed by atoms with E-state index in [-0.39, 0.29) is 12.2 Å². The highest BCUT2D eigenvalue weighted by atomic mass is 16.6. The van der Waals surface area contributed by atoms with Gasteiger partial charge in [-0.3, -0.25) is 0 Å². The molecule has 0 aliphatic carbocycles. The lowest BCUT2D eigenvalue weighted by molar-refractivity contribution is -0.166. The summed E-state index contributed by atoms with van der Waals surface area (Å²) in [6.07, 6.45) is 3.02. The molecule has 4 nitrogen and oxygen atoms in total. The van der Waals surface area contributed by atoms with Crippen LogP contribution in [0.15, 0.2) is 12.7 Å². The number of methoxy groups -OCH3 is 1. The summed E-state index contributed by atoms with van der Waals surface area (Å²) in [7, 11) is 1.65. The van der Waals surface area contributed by atoms with Gasteiger partial charge in [-0.15, -0.1) is 0 Å². The molecule has 4 heteroatoms. The smallest absolute Gasteiger partial charge is 0.330 e. The van der Waals surface area contributed by atoms with Crippen LogP contribution in [0.2, 0.25) is 0 Å². The molecule has 2 atom stereocenters. The first-order chi connectivity index (χ1) is 7.49. The summed E-state index contributed by atoms with van der Waals surface area (Å²) in [5.74, 6) is -0.413. The predicted octanol–water partition coefficient (Wildman–Crippen LogP) is 1.69. The average Bonchev–Trinajstić information content (AvgIpc) is 2.67. The zero-order valence-corrected chi connectivity index (χ0v) is 10.2. The first-order valence-electron chi connectivity index (χ1n) is 5.49. The molecule has 0 aromatic carbocycles. The summed E-state index contributed by atoms with van der Waals surface area (Å²) in [5.41, 5.74) is -0.617. The van der Waals surface area contributed by atoms with Gasteiger partial charge in [-0.2, -0.15) is 0 Å². The molecule has 0 amide bonds. The van der Waals surface area contributed by atoms with Crippen molar-refractivity contribution in [3.63, 3.8) is 0 Å². The summed E-state index contributed by atoms with van der Waals surface area (Å²) < 4.78 is 16.1. The number of rotatable bonds is 5. The molecule has 0 spiro atoms. The van der Waals surface area contributed by atoms with Gasteiger partial charge in [-0.05, 0) is 26.7 Å². The number of carbonyl (C=O) groups excluding carboxylic acids is 1. The molecular weight excluding hydrogens is 208 g/mol. The summed E-state index contributed by atoms with van der Waals surface area (Å²) in [5, 5.41) is 0. The van der Waals surface area contributed by atoms with Gasteiger partial charge in [0, 0.05) is 13.2 Å². The Kier molecular flexibility index (Phi) is 4.50. The minimum Gasteiger partial charge on any atom is -0.454 e. The van der Waals surface area contributed by atoms with Gasteiger partial charge in [0.25, 0.3) is 0 Å². The molecule has 0 aromatic heterocycles. The van der Waals surface area contributed by atoms with E-state index in [1.165, 1.54) is 6.08 Å². The van der Waals surface area contributed by atoms with Gasteiger partial charge in [0.05, 0.1) is 18.8 Å². The molecule has 2 unspecified atom stereocenters. The molecule has 1 aliphatic heterocycles. The molecule has 1 rings (SSSR count). The zero-order valence-electron chi connectivity index (χ0n) is 10.2. The van der Waals surface area contributed by atoms with Crippen molar-refractivity contribution in [3.05, 3.63) is 12.7 Å². The molecule has 1 aliphatic rings. The molecule has 92 valence electrons. The van der Waals surface area contributed by atoms with Crippen LogP contribution in [-0.2, 0) is 19.0 Å². The number of ether oxygens (including phenoxy) is 3. The number of hydrogen-bond donors (Lipinski definition) is 0. The molecule has 1 fully saturated rings. The lowest BCUT2D eigenvalue weighted by Gasteiger charge is -2.30. The monoisotopic (exact) mass is 228 g/mol. The minimum absolute atomic E-state index is 0.0726. The maximum absolute atomic E-state index is 11.2. The van der Waals surface area contributed by atoms with Crippen molar-refractivity contribution in [1.29, 1.82) is 0 Å². The molecule has 16 heavy (non-hydrogen) atoms. The van der Waals surface area contributed by atoms with E-state index in [1.54, 1.807) is 7.11 Å². The first-order valence-corrected chi connectivity index (χ1v) is 5.49. The number of esters is 1. The zero-order chi connectivity index (χ0) is 12.2. The van der Waals surface area contributed by atoms with E-state index in [4.69, 9.17) is 14.2 Å². The van der Waals surface area contributed by atoms with E-state index in [2.05, 4.69) is 6.58 Å². The first kappa shape index (κ1) is 13.2. The van der Waals surface area contributed by atoms with Crippen LogP contribution in [0.1, 0.15) is 26.7 Å². The van der Waals surface area contributed by atoms with Crippen LogP contribution < -0.4 is 0 Å². The quantitative estimate of drug-likeness (QED) is 0.530. The molecular formula is C12H20O4. The van der Waals surface area contributed by atoms with Crippen molar-refractivity contribution in [1.82, 2.24) is 0 Å². The molecule has 1 heterocycles. The van der Waals surface area contributed by atoms with Gasteiger partial charge in [0.2, 0.25) is 0 Å². The van der Waals surface area contributed by atoms with Gasteiger partial charge in [0.15, 0.2) is 0 Å². The largest absolute Gasteiger partial charge is 0.454 e. The summed E-state index contributed by atoms with van der Waals surface area (Å²) in [6, 6.07) is 0. The van der Waals surface area contributed by atoms with Crippen molar-refractivity contribution in [2.24, 2.45) is 0 Å². The Morgan fingerprint density at radius 3 is 2.81 bits per heavy atom. The Morgan fingerprint density at radius 1 is 1.56 bits per heavy atom. The fraction of sp³-hybridized carbons (Fsp3) is 0.750. The van der Waals surface area contributed by atoms with E-state index >= 15 is 0 Å². The predicted molar refractivity (Wildman–Crippen MR) is 60.1 cm³/mol. The SMILES string of the molecule is C=CC(=O)OC(C)(C)C1CCC(COC)O1. The molecule has 0 saturated carbocycles. The van der Waals surface area contributed by atoms with Crippen LogP contribution >= 0.6 is 0 Å². The van der Waals surface area contributed by atoms with Crippen LogP contribution in [0.25, 0.3) is 0 Å². The van der Waals surface area contributed by atoms with Crippen molar-refractivity contribution >= 4 is 5.97 Å². The van der Waals surface area contributed by atoms with E-state index in [0.29, 0.717) is 6.61 Å². The number of carbonyl (C=O) groups is 1. The highest BCUT2D eigenvalue weighted by molar-refractivity contribution is 5.81. The maximum atomic E-state index is 11.2.